The molecule has 1 aromatic heterocycles. The summed E-state index contributed by atoms with van der Waals surface area (Å²) >= 11 is 0. The first-order valence-corrected chi connectivity index (χ1v) is 8.22. The molecular formula is C18H23Cl2N3O. The van der Waals surface area contributed by atoms with Gasteiger partial charge in [-0.2, -0.15) is 0 Å². The van der Waals surface area contributed by atoms with E-state index in [1.165, 1.54) is 12.8 Å². The smallest absolute Gasteiger partial charge is 0.252 e. The summed E-state index contributed by atoms with van der Waals surface area (Å²) in [6, 6.07) is 10.2. The zero-order chi connectivity index (χ0) is 14.9. The number of carbonyl (C=O) groups is 1. The molecule has 24 heavy (non-hydrogen) atoms. The van der Waals surface area contributed by atoms with Crippen molar-refractivity contribution in [3.8, 4) is 0 Å². The molecule has 0 spiro atoms. The fourth-order valence-corrected chi connectivity index (χ4v) is 3.21. The van der Waals surface area contributed by atoms with Crippen LogP contribution in [-0.4, -0.2) is 30.0 Å². The first-order chi connectivity index (χ1) is 10.8. The summed E-state index contributed by atoms with van der Waals surface area (Å²) in [5.74, 6) is 0.585. The average molecular weight is 368 g/mol. The van der Waals surface area contributed by atoms with Crippen molar-refractivity contribution >= 4 is 41.6 Å². The van der Waals surface area contributed by atoms with E-state index in [1.807, 2.05) is 30.3 Å². The summed E-state index contributed by atoms with van der Waals surface area (Å²) < 4.78 is 0. The Morgan fingerprint density at radius 1 is 1.17 bits per heavy atom. The number of pyridine rings is 1. The lowest BCUT2D eigenvalue weighted by Gasteiger charge is -2.24. The number of amides is 1. The van der Waals surface area contributed by atoms with E-state index in [1.54, 1.807) is 0 Å². The lowest BCUT2D eigenvalue weighted by molar-refractivity contribution is 0.0932. The van der Waals surface area contributed by atoms with Crippen LogP contribution in [0.5, 0.6) is 0 Å². The number of hydrogen-bond acceptors (Lipinski definition) is 3. The zero-order valence-electron chi connectivity index (χ0n) is 13.5. The molecule has 1 saturated heterocycles. The molecule has 2 aromatic rings. The molecule has 0 unspecified atom stereocenters. The van der Waals surface area contributed by atoms with Crippen molar-refractivity contribution in [2.75, 3.05) is 13.1 Å². The molecule has 2 heterocycles. The lowest BCUT2D eigenvalue weighted by Crippen LogP contribution is -2.45. The number of halogens is 2. The van der Waals surface area contributed by atoms with Crippen molar-refractivity contribution in [3.63, 3.8) is 0 Å². The van der Waals surface area contributed by atoms with Crippen LogP contribution < -0.4 is 10.6 Å². The van der Waals surface area contributed by atoms with Gasteiger partial charge in [0.15, 0.2) is 0 Å². The first-order valence-electron chi connectivity index (χ1n) is 8.22. The maximum Gasteiger partial charge on any atom is 0.252 e. The minimum atomic E-state index is 0. The molecule has 1 atom stereocenters. The third-order valence-electron chi connectivity index (χ3n) is 4.61. The second-order valence-corrected chi connectivity index (χ2v) is 6.40. The molecule has 130 valence electrons. The highest BCUT2D eigenvalue weighted by Crippen LogP contribution is 2.40. The third kappa shape index (κ3) is 4.00. The molecule has 1 aliphatic heterocycles. The number of piperidine rings is 1. The maximum absolute atomic E-state index is 12.8. The Balaban J connectivity index is 0.00000104. The number of rotatable bonds is 3. The molecule has 0 radical (unpaired) electrons. The number of benzene rings is 1. The van der Waals surface area contributed by atoms with E-state index in [2.05, 4.69) is 10.6 Å². The Kier molecular flexibility index (Phi) is 6.44. The number of fused-ring (bicyclic) bond motifs is 1. The van der Waals surface area contributed by atoms with Crippen LogP contribution >= 0.6 is 24.8 Å². The fourth-order valence-electron chi connectivity index (χ4n) is 3.21. The molecule has 1 aliphatic carbocycles. The molecular weight excluding hydrogens is 345 g/mol. The summed E-state index contributed by atoms with van der Waals surface area (Å²) in [7, 11) is 0. The van der Waals surface area contributed by atoms with Crippen LogP contribution in [0, 0.1) is 0 Å². The van der Waals surface area contributed by atoms with Gasteiger partial charge in [-0.15, -0.1) is 24.8 Å². The lowest BCUT2D eigenvalue weighted by atomic mass is 10.0. The topological polar surface area (TPSA) is 54.0 Å². The van der Waals surface area contributed by atoms with E-state index < -0.39 is 0 Å². The van der Waals surface area contributed by atoms with Crippen LogP contribution in [0.15, 0.2) is 30.3 Å². The minimum Gasteiger partial charge on any atom is -0.348 e. The van der Waals surface area contributed by atoms with Gasteiger partial charge in [-0.25, -0.2) is 0 Å². The molecule has 2 N–H and O–H groups in total. The SMILES string of the molecule is Cl.Cl.O=C(N[C@H]1CCCNC1)c1cc(C2CC2)nc2ccccc12. The van der Waals surface area contributed by atoms with Gasteiger partial charge in [-0.05, 0) is 44.4 Å². The minimum absolute atomic E-state index is 0. The van der Waals surface area contributed by atoms with Gasteiger partial charge in [0.1, 0.15) is 0 Å². The molecule has 6 heteroatoms. The second-order valence-electron chi connectivity index (χ2n) is 6.40. The van der Waals surface area contributed by atoms with Crippen LogP contribution in [0.3, 0.4) is 0 Å². The molecule has 0 bridgehead atoms. The third-order valence-corrected chi connectivity index (χ3v) is 4.61. The Morgan fingerprint density at radius 2 is 1.96 bits per heavy atom. The van der Waals surface area contributed by atoms with Crippen LogP contribution in [0.25, 0.3) is 10.9 Å². The molecule has 1 amide bonds. The monoisotopic (exact) mass is 367 g/mol. The number of nitrogens with zero attached hydrogens (tertiary/aromatic N) is 1. The van der Waals surface area contributed by atoms with Crippen molar-refractivity contribution < 1.29 is 4.79 Å². The van der Waals surface area contributed by atoms with Crippen LogP contribution in [0.2, 0.25) is 0 Å². The summed E-state index contributed by atoms with van der Waals surface area (Å²) in [5, 5.41) is 7.48. The highest BCUT2D eigenvalue weighted by molar-refractivity contribution is 6.06. The van der Waals surface area contributed by atoms with Crippen molar-refractivity contribution in [1.29, 1.82) is 0 Å². The van der Waals surface area contributed by atoms with E-state index >= 15 is 0 Å². The number of nitrogens with one attached hydrogen (secondary N) is 2. The Bertz CT molecular complexity index is 712. The van der Waals surface area contributed by atoms with Gasteiger partial charge < -0.3 is 10.6 Å². The largest absolute Gasteiger partial charge is 0.348 e. The predicted molar refractivity (Wildman–Crippen MR) is 102 cm³/mol. The Morgan fingerprint density at radius 3 is 2.67 bits per heavy atom. The van der Waals surface area contributed by atoms with Crippen LogP contribution in [0.4, 0.5) is 0 Å². The second kappa shape index (κ2) is 8.15. The normalized spacial score (nSPS) is 19.9. The number of hydrogen-bond donors (Lipinski definition) is 2. The van der Waals surface area contributed by atoms with Gasteiger partial charge in [-0.3, -0.25) is 9.78 Å². The fraction of sp³-hybridized carbons (Fsp3) is 0.444. The van der Waals surface area contributed by atoms with E-state index in [0.717, 1.165) is 48.1 Å². The quantitative estimate of drug-likeness (QED) is 0.873. The van der Waals surface area contributed by atoms with Gasteiger partial charge in [-0.1, -0.05) is 18.2 Å². The van der Waals surface area contributed by atoms with Crippen molar-refractivity contribution in [2.24, 2.45) is 0 Å². The molecule has 2 fully saturated rings. The van der Waals surface area contributed by atoms with Crippen molar-refractivity contribution in [1.82, 2.24) is 15.6 Å². The van der Waals surface area contributed by atoms with E-state index in [0.29, 0.717) is 5.92 Å². The first kappa shape index (κ1) is 19.0. The summed E-state index contributed by atoms with van der Waals surface area (Å²) in [6.45, 7) is 1.92. The number of carbonyl (C=O) groups excluding carboxylic acids is 1. The predicted octanol–water partition coefficient (Wildman–Crippen LogP) is 3.44. The number of para-hydroxylation sites is 1. The van der Waals surface area contributed by atoms with E-state index in [9.17, 15) is 4.79 Å². The maximum atomic E-state index is 12.8. The van der Waals surface area contributed by atoms with Gasteiger partial charge in [0.25, 0.3) is 5.91 Å². The van der Waals surface area contributed by atoms with Crippen LogP contribution in [0.1, 0.15) is 47.7 Å². The number of aromatic nitrogens is 1. The molecule has 4 rings (SSSR count). The van der Waals surface area contributed by atoms with Crippen molar-refractivity contribution in [3.05, 3.63) is 41.6 Å². The van der Waals surface area contributed by atoms with Gasteiger partial charge in [0.05, 0.1) is 11.1 Å². The highest BCUT2D eigenvalue weighted by Gasteiger charge is 2.27. The highest BCUT2D eigenvalue weighted by atomic mass is 35.5. The molecule has 1 aromatic carbocycles. The van der Waals surface area contributed by atoms with E-state index in [-0.39, 0.29) is 36.8 Å². The van der Waals surface area contributed by atoms with E-state index in [4.69, 9.17) is 4.98 Å². The average Bonchev–Trinajstić information content (AvgIpc) is 3.39. The Labute approximate surface area is 154 Å². The van der Waals surface area contributed by atoms with Gasteiger partial charge >= 0.3 is 0 Å². The Hall–Kier alpha value is -1.36. The van der Waals surface area contributed by atoms with Crippen molar-refractivity contribution in [2.45, 2.75) is 37.6 Å². The van der Waals surface area contributed by atoms with Gasteiger partial charge in [0.2, 0.25) is 0 Å². The summed E-state index contributed by atoms with van der Waals surface area (Å²) in [6.07, 6.45) is 4.56. The van der Waals surface area contributed by atoms with Crippen LogP contribution in [-0.2, 0) is 0 Å². The molecule has 1 saturated carbocycles. The van der Waals surface area contributed by atoms with Gasteiger partial charge in [0, 0.05) is 29.6 Å². The molecule has 2 aliphatic rings. The summed E-state index contributed by atoms with van der Waals surface area (Å²) in [4.78, 5) is 17.5. The summed E-state index contributed by atoms with van der Waals surface area (Å²) in [5.41, 5.74) is 2.78. The molecule has 4 nitrogen and oxygen atoms in total. The zero-order valence-corrected chi connectivity index (χ0v) is 15.1. The standard InChI is InChI=1S/C18H21N3O.2ClH/c22-18(20-13-4-3-9-19-11-13)15-10-17(12-7-8-12)21-16-6-2-1-5-14(15)16;;/h1-2,5-6,10,12-13,19H,3-4,7-9,11H2,(H,20,22);2*1H/t13-;;/m0../s1.